The zero-order valence-electron chi connectivity index (χ0n) is 16.9. The van der Waals surface area contributed by atoms with Crippen molar-refractivity contribution in [3.63, 3.8) is 0 Å². The molecule has 0 aliphatic carbocycles. The molecule has 28 heavy (non-hydrogen) atoms. The Morgan fingerprint density at radius 2 is 1.64 bits per heavy atom. The molecule has 0 spiro atoms. The molecule has 0 aliphatic rings. The van der Waals surface area contributed by atoms with Crippen molar-refractivity contribution in [1.82, 2.24) is 14.3 Å². The van der Waals surface area contributed by atoms with Gasteiger partial charge in [-0.1, -0.05) is 36.4 Å². The maximum atomic E-state index is 12.9. The van der Waals surface area contributed by atoms with Gasteiger partial charge in [-0.2, -0.15) is 0 Å². The van der Waals surface area contributed by atoms with E-state index in [9.17, 15) is 8.42 Å². The van der Waals surface area contributed by atoms with Crippen LogP contribution < -0.4 is 4.72 Å². The Morgan fingerprint density at radius 1 is 1.00 bits per heavy atom. The van der Waals surface area contributed by atoms with E-state index >= 15 is 0 Å². The second-order valence-corrected chi connectivity index (χ2v) is 8.85. The van der Waals surface area contributed by atoms with Crippen molar-refractivity contribution < 1.29 is 8.42 Å². The third kappa shape index (κ3) is 4.18. The van der Waals surface area contributed by atoms with Crippen molar-refractivity contribution in [3.8, 4) is 11.4 Å². The molecule has 5 nitrogen and oxygen atoms in total. The normalized spacial score (nSPS) is 11.7. The molecule has 0 saturated carbocycles. The lowest BCUT2D eigenvalue weighted by Gasteiger charge is -2.16. The monoisotopic (exact) mass is 397 g/mol. The number of aryl methyl sites for hydroxylation is 3. The second-order valence-electron chi connectivity index (χ2n) is 7.15. The summed E-state index contributed by atoms with van der Waals surface area (Å²) in [5, 5.41) is 0. The first kappa shape index (κ1) is 20.3. The molecule has 0 amide bonds. The van der Waals surface area contributed by atoms with Crippen LogP contribution in [0.5, 0.6) is 0 Å². The summed E-state index contributed by atoms with van der Waals surface area (Å²) in [4.78, 5) is 4.84. The molecule has 1 aromatic heterocycles. The average molecular weight is 398 g/mol. The average Bonchev–Trinajstić information content (AvgIpc) is 3.13. The first-order valence-electron chi connectivity index (χ1n) is 9.45. The van der Waals surface area contributed by atoms with Gasteiger partial charge in [-0.3, -0.25) is 0 Å². The maximum Gasteiger partial charge on any atom is 0.241 e. The van der Waals surface area contributed by atoms with E-state index in [2.05, 4.69) is 14.3 Å². The maximum absolute atomic E-state index is 12.9. The second kappa shape index (κ2) is 8.29. The number of sulfonamides is 1. The smallest absolute Gasteiger partial charge is 0.241 e. The topological polar surface area (TPSA) is 64.0 Å². The Kier molecular flexibility index (Phi) is 6.01. The minimum atomic E-state index is -3.54. The Bertz CT molecular complexity index is 1040. The van der Waals surface area contributed by atoms with Crippen LogP contribution in [0.15, 0.2) is 53.7 Å². The molecule has 0 bridgehead atoms. The minimum Gasteiger partial charge on any atom is -0.331 e. The number of rotatable bonds is 7. The number of nitrogens with one attached hydrogen (secondary N) is 1. The molecule has 2 aromatic carbocycles. The molecule has 0 aliphatic heterocycles. The fourth-order valence-corrected chi connectivity index (χ4v) is 5.13. The van der Waals surface area contributed by atoms with E-state index in [4.69, 9.17) is 0 Å². The molecule has 6 heteroatoms. The minimum absolute atomic E-state index is 0.376. The van der Waals surface area contributed by atoms with E-state index < -0.39 is 10.0 Å². The summed E-state index contributed by atoms with van der Waals surface area (Å²) in [5.74, 6) is 0.893. The van der Waals surface area contributed by atoms with Crippen molar-refractivity contribution in [2.75, 3.05) is 6.54 Å². The van der Waals surface area contributed by atoms with E-state index in [1.54, 1.807) is 6.20 Å². The first-order valence-corrected chi connectivity index (χ1v) is 10.9. The van der Waals surface area contributed by atoms with Gasteiger partial charge in [0.2, 0.25) is 10.0 Å². The first-order chi connectivity index (χ1) is 13.3. The fourth-order valence-electron chi connectivity index (χ4n) is 3.45. The summed E-state index contributed by atoms with van der Waals surface area (Å²) in [6, 6.07) is 12.0. The van der Waals surface area contributed by atoms with Gasteiger partial charge in [0.15, 0.2) is 0 Å². The number of aromatic nitrogens is 2. The summed E-state index contributed by atoms with van der Waals surface area (Å²) in [7, 11) is -3.54. The van der Waals surface area contributed by atoms with Crippen molar-refractivity contribution in [1.29, 1.82) is 0 Å². The van der Waals surface area contributed by atoms with E-state index in [1.807, 2.05) is 70.3 Å². The van der Waals surface area contributed by atoms with Crippen LogP contribution >= 0.6 is 0 Å². The Labute approximate surface area is 167 Å². The van der Waals surface area contributed by atoms with Gasteiger partial charge < -0.3 is 4.57 Å². The van der Waals surface area contributed by atoms with Gasteiger partial charge in [-0.15, -0.1) is 0 Å². The van der Waals surface area contributed by atoms with Crippen LogP contribution in [0.3, 0.4) is 0 Å². The molecule has 1 heterocycles. The van der Waals surface area contributed by atoms with Crippen LogP contribution in [-0.2, 0) is 16.6 Å². The molecule has 0 saturated heterocycles. The predicted molar refractivity (Wildman–Crippen MR) is 113 cm³/mol. The van der Waals surface area contributed by atoms with Crippen LogP contribution in [0, 0.1) is 27.7 Å². The number of benzene rings is 2. The summed E-state index contributed by atoms with van der Waals surface area (Å²) in [6.45, 7) is 8.70. The molecule has 3 aromatic rings. The zero-order chi connectivity index (χ0) is 20.3. The lowest BCUT2D eigenvalue weighted by Crippen LogP contribution is -2.27. The van der Waals surface area contributed by atoms with Crippen molar-refractivity contribution in [3.05, 3.63) is 71.0 Å². The summed E-state index contributed by atoms with van der Waals surface area (Å²) in [5.41, 5.74) is 4.67. The summed E-state index contributed by atoms with van der Waals surface area (Å²) < 4.78 is 30.6. The molecule has 0 radical (unpaired) electrons. The van der Waals surface area contributed by atoms with Gasteiger partial charge in [-0.25, -0.2) is 18.1 Å². The highest BCUT2D eigenvalue weighted by Gasteiger charge is 2.21. The lowest BCUT2D eigenvalue weighted by molar-refractivity contribution is 0.569. The lowest BCUT2D eigenvalue weighted by atomic mass is 10.0. The third-order valence-electron chi connectivity index (χ3n) is 5.18. The van der Waals surface area contributed by atoms with Crippen LogP contribution in [0.4, 0.5) is 0 Å². The van der Waals surface area contributed by atoms with Gasteiger partial charge in [0.05, 0.1) is 4.90 Å². The highest BCUT2D eigenvalue weighted by atomic mass is 32.2. The standard InChI is InChI=1S/C22H27N3O2S/c1-16-15-17(2)19(4)21(18(16)3)28(26,27)24-11-8-13-25-14-12-23-22(25)20-9-6-5-7-10-20/h5-7,9-10,12,14-15,24H,8,11,13H2,1-4H3. The predicted octanol–water partition coefficient (Wildman–Crippen LogP) is 4.15. The van der Waals surface area contributed by atoms with Gasteiger partial charge in [0.25, 0.3) is 0 Å². The quantitative estimate of drug-likeness (QED) is 0.609. The van der Waals surface area contributed by atoms with E-state index in [-0.39, 0.29) is 0 Å². The number of nitrogens with zero attached hydrogens (tertiary/aromatic N) is 2. The van der Waals surface area contributed by atoms with Gasteiger partial charge in [-0.05, 0) is 56.4 Å². The Balaban J connectivity index is 1.68. The van der Waals surface area contributed by atoms with Gasteiger partial charge >= 0.3 is 0 Å². The third-order valence-corrected chi connectivity index (χ3v) is 6.92. The number of imidazole rings is 1. The Hall–Kier alpha value is -2.44. The van der Waals surface area contributed by atoms with Gasteiger partial charge in [0.1, 0.15) is 5.82 Å². The molecule has 0 unspecified atom stereocenters. The largest absolute Gasteiger partial charge is 0.331 e. The molecule has 148 valence electrons. The van der Waals surface area contributed by atoms with Crippen LogP contribution in [0.2, 0.25) is 0 Å². The van der Waals surface area contributed by atoms with Crippen molar-refractivity contribution in [2.24, 2.45) is 0 Å². The number of hydrogen-bond donors (Lipinski definition) is 1. The highest BCUT2D eigenvalue weighted by molar-refractivity contribution is 7.89. The summed E-state index contributed by atoms with van der Waals surface area (Å²) in [6.07, 6.45) is 4.38. The van der Waals surface area contributed by atoms with Crippen LogP contribution in [-0.4, -0.2) is 24.5 Å². The molecule has 0 fully saturated rings. The van der Waals surface area contributed by atoms with Gasteiger partial charge in [0, 0.05) is 31.0 Å². The molecule has 0 atom stereocenters. The van der Waals surface area contributed by atoms with E-state index in [0.29, 0.717) is 24.4 Å². The van der Waals surface area contributed by atoms with E-state index in [1.165, 1.54) is 0 Å². The molecule has 1 N–H and O–H groups in total. The fraction of sp³-hybridized carbons (Fsp3) is 0.318. The van der Waals surface area contributed by atoms with E-state index in [0.717, 1.165) is 33.6 Å². The highest BCUT2D eigenvalue weighted by Crippen LogP contribution is 2.26. The molecule has 3 rings (SSSR count). The molecular weight excluding hydrogens is 370 g/mol. The van der Waals surface area contributed by atoms with Crippen molar-refractivity contribution in [2.45, 2.75) is 45.6 Å². The SMILES string of the molecule is Cc1cc(C)c(C)c(S(=O)(=O)NCCCn2ccnc2-c2ccccc2)c1C. The summed E-state index contributed by atoms with van der Waals surface area (Å²) >= 11 is 0. The Morgan fingerprint density at radius 3 is 2.29 bits per heavy atom. The molecular formula is C22H27N3O2S. The van der Waals surface area contributed by atoms with Crippen LogP contribution in [0.25, 0.3) is 11.4 Å². The van der Waals surface area contributed by atoms with Crippen molar-refractivity contribution >= 4 is 10.0 Å². The number of hydrogen-bond acceptors (Lipinski definition) is 3. The zero-order valence-corrected chi connectivity index (χ0v) is 17.7. The van der Waals surface area contributed by atoms with Crippen LogP contribution in [0.1, 0.15) is 28.7 Å².